The van der Waals surface area contributed by atoms with E-state index >= 15 is 0 Å². The zero-order valence-electron chi connectivity index (χ0n) is 16.0. The van der Waals surface area contributed by atoms with Crippen molar-refractivity contribution in [3.05, 3.63) is 83.7 Å². The molecule has 0 saturated carbocycles. The zero-order chi connectivity index (χ0) is 20.1. The maximum absolute atomic E-state index is 12.3. The van der Waals surface area contributed by atoms with Crippen LogP contribution < -0.4 is 15.5 Å². The summed E-state index contributed by atoms with van der Waals surface area (Å²) < 4.78 is 10.8. The normalized spacial score (nSPS) is 16.6. The Morgan fingerprint density at radius 2 is 1.69 bits per heavy atom. The average molecular weight is 394 g/mol. The summed E-state index contributed by atoms with van der Waals surface area (Å²) in [5.74, 6) is 0.0511. The van der Waals surface area contributed by atoms with Crippen molar-refractivity contribution in [2.75, 3.05) is 13.1 Å². The van der Waals surface area contributed by atoms with E-state index in [4.69, 9.17) is 8.83 Å². The first-order chi connectivity index (χ1) is 14.2. The lowest BCUT2D eigenvalue weighted by Gasteiger charge is -2.31. The van der Waals surface area contributed by atoms with Gasteiger partial charge in [-0.15, -0.1) is 0 Å². The number of furan rings is 2. The van der Waals surface area contributed by atoms with Crippen molar-refractivity contribution in [2.24, 2.45) is 0 Å². The first-order valence-corrected chi connectivity index (χ1v) is 9.74. The third-order valence-electron chi connectivity index (χ3n) is 5.31. The quantitative estimate of drug-likeness (QED) is 0.544. The molecule has 1 aliphatic heterocycles. The predicted octanol–water partition coefficient (Wildman–Crippen LogP) is 0.987. The van der Waals surface area contributed by atoms with Gasteiger partial charge in [0, 0.05) is 12.0 Å². The monoisotopic (exact) mass is 394 g/mol. The molecule has 0 saturated heterocycles. The van der Waals surface area contributed by atoms with E-state index in [1.807, 2.05) is 12.1 Å². The van der Waals surface area contributed by atoms with Gasteiger partial charge in [-0.25, -0.2) is 0 Å². The van der Waals surface area contributed by atoms with Crippen molar-refractivity contribution in [1.82, 2.24) is 10.6 Å². The van der Waals surface area contributed by atoms with E-state index in [1.165, 1.54) is 22.3 Å². The number of quaternary nitrogens is 1. The van der Waals surface area contributed by atoms with Crippen LogP contribution in [0.4, 0.5) is 0 Å². The summed E-state index contributed by atoms with van der Waals surface area (Å²) in [4.78, 5) is 25.6. The molecule has 2 atom stereocenters. The molecule has 1 unspecified atom stereocenters. The lowest BCUT2D eigenvalue weighted by atomic mass is 9.98. The number of nitrogens with one attached hydrogen (secondary N) is 3. The third kappa shape index (κ3) is 4.57. The zero-order valence-corrected chi connectivity index (χ0v) is 16.0. The van der Waals surface area contributed by atoms with Gasteiger partial charge in [0.2, 0.25) is 0 Å². The van der Waals surface area contributed by atoms with Crippen molar-refractivity contribution in [1.29, 1.82) is 0 Å². The first-order valence-electron chi connectivity index (χ1n) is 9.74. The summed E-state index contributed by atoms with van der Waals surface area (Å²) in [6, 6.07) is 15.6. The smallest absolute Gasteiger partial charge is 0.309 e. The second kappa shape index (κ2) is 8.79. The number of benzene rings is 1. The van der Waals surface area contributed by atoms with E-state index in [0.29, 0.717) is 12.3 Å². The van der Waals surface area contributed by atoms with Gasteiger partial charge in [-0.3, -0.25) is 9.59 Å². The van der Waals surface area contributed by atoms with Crippen molar-refractivity contribution in [3.8, 4) is 0 Å². The Morgan fingerprint density at radius 1 is 0.931 bits per heavy atom. The molecule has 4 rings (SSSR count). The fourth-order valence-electron chi connectivity index (χ4n) is 3.77. The van der Waals surface area contributed by atoms with Crippen molar-refractivity contribution in [2.45, 2.75) is 25.6 Å². The maximum Gasteiger partial charge on any atom is 0.309 e. The molecule has 0 spiro atoms. The molecule has 3 N–H and O–H groups in total. The van der Waals surface area contributed by atoms with Crippen LogP contribution >= 0.6 is 0 Å². The summed E-state index contributed by atoms with van der Waals surface area (Å²) >= 11 is 0. The van der Waals surface area contributed by atoms with E-state index in [1.54, 1.807) is 18.4 Å². The summed E-state index contributed by atoms with van der Waals surface area (Å²) in [5.41, 5.74) is 2.68. The number of hydrogen-bond acceptors (Lipinski definition) is 4. The van der Waals surface area contributed by atoms with E-state index in [0.717, 1.165) is 25.3 Å². The highest BCUT2D eigenvalue weighted by atomic mass is 16.3. The molecule has 7 nitrogen and oxygen atoms in total. The Kier molecular flexibility index (Phi) is 5.76. The Balaban J connectivity index is 1.38. The fraction of sp³-hybridized carbons (Fsp3) is 0.273. The highest BCUT2D eigenvalue weighted by Crippen LogP contribution is 2.15. The lowest BCUT2D eigenvalue weighted by Crippen LogP contribution is -3.12. The van der Waals surface area contributed by atoms with E-state index in [9.17, 15) is 9.59 Å². The number of amides is 2. The van der Waals surface area contributed by atoms with E-state index < -0.39 is 11.8 Å². The third-order valence-corrected chi connectivity index (χ3v) is 5.31. The van der Waals surface area contributed by atoms with Gasteiger partial charge < -0.3 is 24.4 Å². The van der Waals surface area contributed by atoms with Crippen molar-refractivity contribution >= 4 is 11.8 Å². The number of hydrogen-bond donors (Lipinski definition) is 3. The molecule has 150 valence electrons. The van der Waals surface area contributed by atoms with Gasteiger partial charge in [-0.1, -0.05) is 24.3 Å². The van der Waals surface area contributed by atoms with Gasteiger partial charge in [0.1, 0.15) is 12.3 Å². The fourth-order valence-corrected chi connectivity index (χ4v) is 3.77. The van der Waals surface area contributed by atoms with Crippen LogP contribution in [0.5, 0.6) is 0 Å². The van der Waals surface area contributed by atoms with Crippen LogP contribution in [-0.4, -0.2) is 24.9 Å². The van der Waals surface area contributed by atoms with Crippen molar-refractivity contribution in [3.63, 3.8) is 0 Å². The van der Waals surface area contributed by atoms with Gasteiger partial charge in [0.05, 0.1) is 32.2 Å². The molecule has 3 heterocycles. The summed E-state index contributed by atoms with van der Waals surface area (Å²) in [6.07, 6.45) is 4.13. The minimum atomic E-state index is -0.682. The van der Waals surface area contributed by atoms with Crippen molar-refractivity contribution < 1.29 is 23.3 Å². The number of carbonyl (C=O) groups is 2. The maximum atomic E-state index is 12.3. The van der Waals surface area contributed by atoms with Gasteiger partial charge in [-0.2, -0.15) is 0 Å². The van der Waals surface area contributed by atoms with Crippen LogP contribution in [0.1, 0.15) is 28.7 Å². The Morgan fingerprint density at radius 3 is 2.45 bits per heavy atom. The molecule has 0 aliphatic carbocycles. The van der Waals surface area contributed by atoms with Gasteiger partial charge in [-0.05, 0) is 29.8 Å². The molecule has 7 heteroatoms. The first kappa shape index (κ1) is 19.0. The number of carbonyl (C=O) groups excluding carboxylic acids is 2. The SMILES string of the molecule is O=C(NCc1ccco1)C(=O)NC[C@H](c1ccco1)[NH+]1CCc2ccccc2C1. The predicted molar refractivity (Wildman–Crippen MR) is 105 cm³/mol. The molecular weight excluding hydrogens is 370 g/mol. The molecular formula is C22H24N3O4+. The lowest BCUT2D eigenvalue weighted by molar-refractivity contribution is -0.946. The Hall–Kier alpha value is -3.32. The average Bonchev–Trinajstić information content (AvgIpc) is 3.46. The molecule has 0 fully saturated rings. The standard InChI is InChI=1S/C22H23N3O4/c26-21(23-13-18-7-3-11-28-18)22(27)24-14-19(20-8-4-12-29-20)25-10-9-16-5-1-2-6-17(16)15-25/h1-8,11-12,19H,9-10,13-15H2,(H,23,26)(H,24,27)/p+1/t19-/m1/s1. The minimum Gasteiger partial charge on any atom is -0.467 e. The topological polar surface area (TPSA) is 88.9 Å². The largest absolute Gasteiger partial charge is 0.467 e. The Labute approximate surface area is 168 Å². The highest BCUT2D eigenvalue weighted by molar-refractivity contribution is 6.35. The number of fused-ring (bicyclic) bond motifs is 1. The van der Waals surface area contributed by atoms with Crippen LogP contribution in [0, 0.1) is 0 Å². The van der Waals surface area contributed by atoms with E-state index in [2.05, 4.69) is 34.9 Å². The molecule has 29 heavy (non-hydrogen) atoms. The van der Waals surface area contributed by atoms with E-state index in [-0.39, 0.29) is 12.6 Å². The second-order valence-corrected chi connectivity index (χ2v) is 7.14. The molecule has 2 amide bonds. The molecule has 3 aromatic rings. The van der Waals surface area contributed by atoms with Gasteiger partial charge in [0.15, 0.2) is 11.8 Å². The Bertz CT molecular complexity index is 950. The van der Waals surface area contributed by atoms with Crippen LogP contribution in [-0.2, 0) is 29.1 Å². The summed E-state index contributed by atoms with van der Waals surface area (Å²) in [7, 11) is 0. The van der Waals surface area contributed by atoms with Crippen LogP contribution in [0.3, 0.4) is 0 Å². The van der Waals surface area contributed by atoms with Crippen LogP contribution in [0.15, 0.2) is 69.9 Å². The van der Waals surface area contributed by atoms with Gasteiger partial charge in [0.25, 0.3) is 0 Å². The summed E-state index contributed by atoms with van der Waals surface area (Å²) in [6.45, 7) is 2.28. The molecule has 1 aromatic carbocycles. The van der Waals surface area contributed by atoms with Crippen LogP contribution in [0.2, 0.25) is 0 Å². The highest BCUT2D eigenvalue weighted by Gasteiger charge is 2.31. The van der Waals surface area contributed by atoms with Gasteiger partial charge >= 0.3 is 11.8 Å². The molecule has 0 bridgehead atoms. The summed E-state index contributed by atoms with van der Waals surface area (Å²) in [5, 5.41) is 5.32. The molecule has 0 radical (unpaired) electrons. The number of rotatable bonds is 6. The molecule has 2 aromatic heterocycles. The second-order valence-electron chi connectivity index (χ2n) is 7.14. The molecule has 1 aliphatic rings. The minimum absolute atomic E-state index is 0.0693. The van der Waals surface area contributed by atoms with Crippen LogP contribution in [0.25, 0.3) is 0 Å².